The predicted molar refractivity (Wildman–Crippen MR) is 81.5 cm³/mol. The Balaban J connectivity index is 4.48. The molecule has 0 saturated carbocycles. The second-order valence-corrected chi connectivity index (χ2v) is 6.16. The third-order valence-corrected chi connectivity index (χ3v) is 4.46. The van der Waals surface area contributed by atoms with E-state index in [9.17, 15) is 9.59 Å². The summed E-state index contributed by atoms with van der Waals surface area (Å²) in [6.45, 7) is 1.81. The van der Waals surface area contributed by atoms with Gasteiger partial charge in [-0.2, -0.15) is 23.5 Å². The molecular formula is C11H23N3O3S2. The molecule has 0 fully saturated rings. The van der Waals surface area contributed by atoms with Crippen LogP contribution in [0.3, 0.4) is 0 Å². The van der Waals surface area contributed by atoms with Gasteiger partial charge in [0.25, 0.3) is 0 Å². The van der Waals surface area contributed by atoms with Crippen LogP contribution in [0.25, 0.3) is 0 Å². The van der Waals surface area contributed by atoms with E-state index in [4.69, 9.17) is 10.8 Å². The van der Waals surface area contributed by atoms with E-state index in [-0.39, 0.29) is 23.8 Å². The van der Waals surface area contributed by atoms with Gasteiger partial charge in [0.2, 0.25) is 5.91 Å². The number of hydrogen-bond acceptors (Lipinski definition) is 5. The largest absolute Gasteiger partial charge is 0.395 e. The van der Waals surface area contributed by atoms with E-state index >= 15 is 0 Å². The van der Waals surface area contributed by atoms with Gasteiger partial charge in [-0.15, -0.1) is 0 Å². The van der Waals surface area contributed by atoms with Crippen molar-refractivity contribution >= 4 is 35.5 Å². The van der Waals surface area contributed by atoms with Crippen molar-refractivity contribution in [2.75, 3.05) is 24.9 Å². The summed E-state index contributed by atoms with van der Waals surface area (Å²) in [6.07, 6.45) is 4.32. The topological polar surface area (TPSA) is 104 Å². The first-order valence-corrected chi connectivity index (χ1v) is 8.63. The van der Waals surface area contributed by atoms with Crippen molar-refractivity contribution in [1.29, 1.82) is 0 Å². The van der Waals surface area contributed by atoms with Crippen molar-refractivity contribution in [3.63, 3.8) is 0 Å². The second kappa shape index (κ2) is 10.2. The predicted octanol–water partition coefficient (Wildman–Crippen LogP) is 0.00500. The van der Waals surface area contributed by atoms with Gasteiger partial charge in [-0.25, -0.2) is 4.79 Å². The van der Waals surface area contributed by atoms with Crippen LogP contribution in [0.4, 0.5) is 4.79 Å². The van der Waals surface area contributed by atoms with Crippen molar-refractivity contribution in [3.8, 4) is 0 Å². The van der Waals surface area contributed by atoms with Crippen LogP contribution in [0.1, 0.15) is 13.3 Å². The lowest BCUT2D eigenvalue weighted by molar-refractivity contribution is -0.123. The molecule has 3 unspecified atom stereocenters. The molecule has 0 aromatic rings. The van der Waals surface area contributed by atoms with Crippen LogP contribution in [0.5, 0.6) is 0 Å². The summed E-state index contributed by atoms with van der Waals surface area (Å²) in [5.41, 5.74) is 5.06. The van der Waals surface area contributed by atoms with Crippen LogP contribution in [0.15, 0.2) is 0 Å². The number of carbonyl (C=O) groups is 2. The number of aliphatic hydroxyl groups excluding tert-OH is 1. The SMILES string of the molecule is CSCCC(NC(N)=O)C(=O)NC(C)C(CO)SC. The molecule has 112 valence electrons. The van der Waals surface area contributed by atoms with Gasteiger partial charge in [0.15, 0.2) is 0 Å². The Morgan fingerprint density at radius 1 is 1.32 bits per heavy atom. The van der Waals surface area contributed by atoms with Crippen molar-refractivity contribution in [1.82, 2.24) is 10.6 Å². The first kappa shape index (κ1) is 18.4. The van der Waals surface area contributed by atoms with Crippen LogP contribution in [-0.4, -0.2) is 59.2 Å². The van der Waals surface area contributed by atoms with Gasteiger partial charge in [-0.3, -0.25) is 4.79 Å². The van der Waals surface area contributed by atoms with Crippen molar-refractivity contribution in [2.24, 2.45) is 5.73 Å². The number of carbonyl (C=O) groups excluding carboxylic acids is 2. The van der Waals surface area contributed by atoms with Gasteiger partial charge < -0.3 is 21.5 Å². The molecule has 0 aliphatic heterocycles. The van der Waals surface area contributed by atoms with Crippen molar-refractivity contribution < 1.29 is 14.7 Å². The van der Waals surface area contributed by atoms with E-state index in [1.807, 2.05) is 19.4 Å². The molecule has 0 radical (unpaired) electrons. The number of primary amides is 1. The zero-order chi connectivity index (χ0) is 14.8. The number of hydrogen-bond donors (Lipinski definition) is 4. The molecule has 5 N–H and O–H groups in total. The van der Waals surface area contributed by atoms with E-state index in [1.165, 1.54) is 11.8 Å². The fourth-order valence-electron chi connectivity index (χ4n) is 1.53. The highest BCUT2D eigenvalue weighted by Gasteiger charge is 2.23. The van der Waals surface area contributed by atoms with Gasteiger partial charge in [-0.1, -0.05) is 0 Å². The first-order valence-electron chi connectivity index (χ1n) is 5.95. The molecule has 8 heteroatoms. The second-order valence-electron chi connectivity index (χ2n) is 4.10. The molecule has 0 aromatic heterocycles. The molecule has 0 saturated heterocycles. The third kappa shape index (κ3) is 7.54. The van der Waals surface area contributed by atoms with E-state index in [0.29, 0.717) is 6.42 Å². The summed E-state index contributed by atoms with van der Waals surface area (Å²) in [5, 5.41) is 14.3. The molecule has 0 aromatic carbocycles. The molecule has 0 rings (SSSR count). The number of rotatable bonds is 9. The summed E-state index contributed by atoms with van der Waals surface area (Å²) in [4.78, 5) is 22.9. The smallest absolute Gasteiger partial charge is 0.312 e. The Hall–Kier alpha value is -0.600. The van der Waals surface area contributed by atoms with Crippen LogP contribution in [0.2, 0.25) is 0 Å². The molecule has 3 atom stereocenters. The van der Waals surface area contributed by atoms with Gasteiger partial charge in [0.05, 0.1) is 6.61 Å². The highest BCUT2D eigenvalue weighted by molar-refractivity contribution is 7.99. The maximum absolute atomic E-state index is 12.0. The minimum Gasteiger partial charge on any atom is -0.395 e. The highest BCUT2D eigenvalue weighted by Crippen LogP contribution is 2.11. The normalized spacial score (nSPS) is 15.4. The lowest BCUT2D eigenvalue weighted by Gasteiger charge is -2.24. The minimum atomic E-state index is -0.711. The molecule has 3 amide bonds. The van der Waals surface area contributed by atoms with Crippen LogP contribution < -0.4 is 16.4 Å². The molecule has 0 bridgehead atoms. The van der Waals surface area contributed by atoms with Gasteiger partial charge >= 0.3 is 6.03 Å². The van der Waals surface area contributed by atoms with Crippen molar-refractivity contribution in [3.05, 3.63) is 0 Å². The van der Waals surface area contributed by atoms with E-state index in [1.54, 1.807) is 11.8 Å². The van der Waals surface area contributed by atoms with Gasteiger partial charge in [0, 0.05) is 11.3 Å². The van der Waals surface area contributed by atoms with Crippen molar-refractivity contribution in [2.45, 2.75) is 30.7 Å². The number of amides is 3. The van der Waals surface area contributed by atoms with Gasteiger partial charge in [0.1, 0.15) is 6.04 Å². The minimum absolute atomic E-state index is 0.0126. The Kier molecular flexibility index (Phi) is 9.90. The molecule has 19 heavy (non-hydrogen) atoms. The van der Waals surface area contributed by atoms with Crippen LogP contribution in [-0.2, 0) is 4.79 Å². The Bertz CT molecular complexity index is 288. The average molecular weight is 309 g/mol. The summed E-state index contributed by atoms with van der Waals surface area (Å²) in [7, 11) is 0. The highest BCUT2D eigenvalue weighted by atomic mass is 32.2. The number of aliphatic hydroxyl groups is 1. The van der Waals surface area contributed by atoms with E-state index in [0.717, 1.165) is 5.75 Å². The first-order chi connectivity index (χ1) is 8.96. The quantitative estimate of drug-likeness (QED) is 0.480. The molecular weight excluding hydrogens is 286 g/mol. The summed E-state index contributed by atoms with van der Waals surface area (Å²) in [5.74, 6) is 0.478. The Morgan fingerprint density at radius 2 is 1.95 bits per heavy atom. The van der Waals surface area contributed by atoms with E-state index in [2.05, 4.69) is 10.6 Å². The average Bonchev–Trinajstić information content (AvgIpc) is 2.35. The zero-order valence-electron chi connectivity index (χ0n) is 11.5. The number of urea groups is 1. The standard InChI is InChI=1S/C11H23N3O3S2/c1-7(9(6-15)19-3)13-10(16)8(4-5-18-2)14-11(12)17/h7-9,15H,4-6H2,1-3H3,(H,13,16)(H3,12,14,17). The lowest BCUT2D eigenvalue weighted by atomic mass is 10.1. The number of nitrogens with one attached hydrogen (secondary N) is 2. The Labute approximate surface area is 122 Å². The zero-order valence-corrected chi connectivity index (χ0v) is 13.1. The third-order valence-electron chi connectivity index (χ3n) is 2.65. The maximum Gasteiger partial charge on any atom is 0.312 e. The summed E-state index contributed by atoms with van der Waals surface area (Å²) >= 11 is 3.08. The monoisotopic (exact) mass is 309 g/mol. The molecule has 0 aliphatic rings. The molecule has 0 aliphatic carbocycles. The number of thioether (sulfide) groups is 2. The maximum atomic E-state index is 12.0. The Morgan fingerprint density at radius 3 is 2.37 bits per heavy atom. The molecule has 0 spiro atoms. The lowest BCUT2D eigenvalue weighted by Crippen LogP contribution is -2.52. The summed E-state index contributed by atoms with van der Waals surface area (Å²) < 4.78 is 0. The molecule has 6 nitrogen and oxygen atoms in total. The molecule has 0 heterocycles. The van der Waals surface area contributed by atoms with Gasteiger partial charge in [-0.05, 0) is 31.6 Å². The fourth-order valence-corrected chi connectivity index (χ4v) is 2.63. The number of nitrogens with two attached hydrogens (primary N) is 1. The van der Waals surface area contributed by atoms with Crippen LogP contribution in [0, 0.1) is 0 Å². The fraction of sp³-hybridized carbons (Fsp3) is 0.818. The summed E-state index contributed by atoms with van der Waals surface area (Å²) in [6, 6.07) is -1.52. The van der Waals surface area contributed by atoms with E-state index < -0.39 is 12.1 Å². The van der Waals surface area contributed by atoms with Crippen LogP contribution >= 0.6 is 23.5 Å².